The van der Waals surface area contributed by atoms with Gasteiger partial charge >= 0.3 is 6.18 Å². The molecule has 0 bridgehead atoms. The first-order valence-corrected chi connectivity index (χ1v) is 13.9. The average Bonchev–Trinajstić information content (AvgIpc) is 3.25. The third kappa shape index (κ3) is 4.47. The van der Waals surface area contributed by atoms with Crippen LogP contribution < -0.4 is 0 Å². The van der Waals surface area contributed by atoms with E-state index >= 15 is 4.39 Å². The molecule has 1 amide bonds. The Morgan fingerprint density at radius 3 is 2.11 bits per heavy atom. The van der Waals surface area contributed by atoms with E-state index in [9.17, 15) is 26.4 Å². The normalized spacial score (nSPS) is 24.6. The van der Waals surface area contributed by atoms with Crippen LogP contribution in [-0.4, -0.2) is 55.7 Å². The molecular weight excluding hydrogens is 583 g/mol. The van der Waals surface area contributed by atoms with Crippen molar-refractivity contribution in [3.05, 3.63) is 68.2 Å². The van der Waals surface area contributed by atoms with Gasteiger partial charge in [-0.25, -0.2) is 12.8 Å². The molecule has 0 spiro atoms. The van der Waals surface area contributed by atoms with Crippen LogP contribution in [-0.2, 0) is 30.7 Å². The van der Waals surface area contributed by atoms with Crippen molar-refractivity contribution in [2.75, 3.05) is 24.6 Å². The Bertz CT molecular complexity index is 1390. The molecule has 0 aromatic heterocycles. The summed E-state index contributed by atoms with van der Waals surface area (Å²) < 4.78 is 80.6. The van der Waals surface area contributed by atoms with Crippen molar-refractivity contribution in [1.29, 1.82) is 0 Å². The van der Waals surface area contributed by atoms with Crippen molar-refractivity contribution in [1.82, 2.24) is 4.90 Å². The summed E-state index contributed by atoms with van der Waals surface area (Å²) in [5, 5.41) is 3.24. The van der Waals surface area contributed by atoms with Crippen molar-refractivity contribution in [3.8, 4) is 0 Å². The molecule has 2 saturated heterocycles. The maximum absolute atomic E-state index is 15.4. The van der Waals surface area contributed by atoms with Gasteiger partial charge in [0, 0.05) is 12.0 Å². The quantitative estimate of drug-likeness (QED) is 0.354. The molecule has 14 heteroatoms. The van der Waals surface area contributed by atoms with Gasteiger partial charge in [-0.05, 0) is 23.3 Å². The number of nitrogens with zero attached hydrogens (tertiary/aromatic N) is 2. The Hall–Kier alpha value is -2.08. The van der Waals surface area contributed by atoms with Crippen LogP contribution in [0.2, 0.25) is 15.1 Å². The summed E-state index contributed by atoms with van der Waals surface area (Å²) in [5.41, 5.74) is -4.55. The fourth-order valence-electron chi connectivity index (χ4n) is 4.67. The number of carbonyl (C=O) groups is 1. The van der Waals surface area contributed by atoms with Gasteiger partial charge in [0.25, 0.3) is 5.60 Å². The second kappa shape index (κ2) is 8.72. The molecule has 5 rings (SSSR count). The molecule has 6 nitrogen and oxygen atoms in total. The van der Waals surface area contributed by atoms with Gasteiger partial charge in [0.05, 0.1) is 51.3 Å². The van der Waals surface area contributed by atoms with Crippen LogP contribution in [0, 0.1) is 5.92 Å². The second-order valence-electron chi connectivity index (χ2n) is 9.40. The summed E-state index contributed by atoms with van der Waals surface area (Å²) in [4.78, 5) is 18.6. The number of carbonyl (C=O) groups excluding carboxylic acids is 1. The van der Waals surface area contributed by atoms with Crippen LogP contribution in [0.4, 0.5) is 17.6 Å². The number of rotatable bonds is 4. The molecule has 198 valence electrons. The molecule has 1 unspecified atom stereocenters. The smallest absolute Gasteiger partial charge is 0.374 e. The van der Waals surface area contributed by atoms with Gasteiger partial charge < -0.3 is 9.74 Å². The maximum Gasteiger partial charge on any atom is 0.435 e. The highest BCUT2D eigenvalue weighted by Gasteiger charge is 2.62. The molecule has 0 N–H and O–H groups in total. The summed E-state index contributed by atoms with van der Waals surface area (Å²) in [6.45, 7) is -0.470. The number of halogens is 7. The van der Waals surface area contributed by atoms with E-state index in [1.807, 2.05) is 0 Å². The summed E-state index contributed by atoms with van der Waals surface area (Å²) in [7, 11) is -3.18. The average molecular weight is 600 g/mol. The standard InChI is InChI=1S/C23H17Cl3F4N2O4S/c24-16-5-15(6-17(25)19(16)26)22(23(28,29)30)7-18(31-36-22)12-1-3-14(4-2-12)21(27)10-32(11-21)20(33)13-8-37(34,35)9-13/h1-6,13H,7-11H2. The van der Waals surface area contributed by atoms with Crippen LogP contribution >= 0.6 is 34.8 Å². The van der Waals surface area contributed by atoms with Gasteiger partial charge in [-0.3, -0.25) is 4.79 Å². The highest BCUT2D eigenvalue weighted by molar-refractivity contribution is 7.92. The van der Waals surface area contributed by atoms with Crippen LogP contribution in [0.25, 0.3) is 0 Å². The Balaban J connectivity index is 1.31. The highest BCUT2D eigenvalue weighted by atomic mass is 35.5. The van der Waals surface area contributed by atoms with Gasteiger partial charge in [0.1, 0.15) is 0 Å². The number of likely N-dealkylation sites (tertiary alicyclic amines) is 1. The van der Waals surface area contributed by atoms with Gasteiger partial charge in [-0.1, -0.05) is 64.2 Å². The first-order valence-electron chi connectivity index (χ1n) is 10.9. The summed E-state index contributed by atoms with van der Waals surface area (Å²) >= 11 is 17.8. The number of hydrogen-bond donors (Lipinski definition) is 0. The molecule has 3 heterocycles. The zero-order chi connectivity index (χ0) is 27.0. The minimum absolute atomic E-state index is 0.0180. The summed E-state index contributed by atoms with van der Waals surface area (Å²) in [6.07, 6.45) is -5.57. The first-order chi connectivity index (χ1) is 17.1. The van der Waals surface area contributed by atoms with Crippen LogP contribution in [0.3, 0.4) is 0 Å². The predicted octanol–water partition coefficient (Wildman–Crippen LogP) is 5.28. The van der Waals surface area contributed by atoms with E-state index in [2.05, 4.69) is 5.16 Å². The maximum atomic E-state index is 15.4. The van der Waals surface area contributed by atoms with Crippen molar-refractivity contribution in [2.24, 2.45) is 11.1 Å². The Labute approximate surface area is 224 Å². The number of oxime groups is 1. The number of hydrogen-bond acceptors (Lipinski definition) is 5. The molecule has 37 heavy (non-hydrogen) atoms. The van der Waals surface area contributed by atoms with Crippen LogP contribution in [0.5, 0.6) is 0 Å². The Morgan fingerprint density at radius 2 is 1.59 bits per heavy atom. The van der Waals surface area contributed by atoms with Gasteiger partial charge in [-0.2, -0.15) is 13.2 Å². The van der Waals surface area contributed by atoms with E-state index in [1.54, 1.807) is 0 Å². The zero-order valence-electron chi connectivity index (χ0n) is 18.7. The van der Waals surface area contributed by atoms with E-state index in [4.69, 9.17) is 39.6 Å². The number of benzene rings is 2. The van der Waals surface area contributed by atoms with Gasteiger partial charge in [0.2, 0.25) is 5.91 Å². The fourth-order valence-corrected chi connectivity index (χ4v) is 6.68. The minimum Gasteiger partial charge on any atom is -0.374 e. The van der Waals surface area contributed by atoms with E-state index in [0.717, 1.165) is 12.1 Å². The van der Waals surface area contributed by atoms with Crippen molar-refractivity contribution in [2.45, 2.75) is 23.9 Å². The third-order valence-electron chi connectivity index (χ3n) is 6.83. The lowest BCUT2D eigenvalue weighted by Gasteiger charge is -2.46. The summed E-state index contributed by atoms with van der Waals surface area (Å²) in [5.74, 6) is -1.50. The lowest BCUT2D eigenvalue weighted by Crippen LogP contribution is -2.62. The van der Waals surface area contributed by atoms with E-state index < -0.39 is 45.5 Å². The molecule has 2 aromatic carbocycles. The molecular formula is C23H17Cl3F4N2O4S. The molecule has 0 aliphatic carbocycles. The molecule has 2 aromatic rings. The Morgan fingerprint density at radius 1 is 1.03 bits per heavy atom. The third-order valence-corrected chi connectivity index (χ3v) is 9.84. The zero-order valence-corrected chi connectivity index (χ0v) is 21.7. The summed E-state index contributed by atoms with van der Waals surface area (Å²) in [6, 6.07) is 7.74. The van der Waals surface area contributed by atoms with Crippen molar-refractivity contribution in [3.63, 3.8) is 0 Å². The van der Waals surface area contributed by atoms with Crippen molar-refractivity contribution >= 4 is 56.3 Å². The van der Waals surface area contributed by atoms with E-state index in [0.29, 0.717) is 0 Å². The SMILES string of the molecule is O=C(C1CS(=O)(=O)C1)N1CC(F)(c2ccc(C3=NOC(c4cc(Cl)c(Cl)c(Cl)c4)(C(F)(F)F)C3)cc2)C1. The lowest BCUT2D eigenvalue weighted by molar-refractivity contribution is -0.275. The number of alkyl halides is 4. The molecule has 1 atom stereocenters. The van der Waals surface area contributed by atoms with Gasteiger partial charge in [-0.15, -0.1) is 0 Å². The minimum atomic E-state index is -4.89. The Kier molecular flexibility index (Phi) is 6.25. The topological polar surface area (TPSA) is 76.0 Å². The lowest BCUT2D eigenvalue weighted by atomic mass is 9.84. The monoisotopic (exact) mass is 598 g/mol. The van der Waals surface area contributed by atoms with Crippen LogP contribution in [0.15, 0.2) is 41.6 Å². The second-order valence-corrected chi connectivity index (χ2v) is 12.7. The first kappa shape index (κ1) is 26.5. The van der Waals surface area contributed by atoms with E-state index in [-0.39, 0.29) is 62.1 Å². The largest absolute Gasteiger partial charge is 0.435 e. The molecule has 3 aliphatic rings. The molecule has 3 aliphatic heterocycles. The number of sulfone groups is 1. The molecule has 2 fully saturated rings. The predicted molar refractivity (Wildman–Crippen MR) is 129 cm³/mol. The van der Waals surface area contributed by atoms with Crippen molar-refractivity contribution < 1.29 is 35.6 Å². The van der Waals surface area contributed by atoms with Crippen LogP contribution in [0.1, 0.15) is 23.1 Å². The number of amides is 1. The van der Waals surface area contributed by atoms with Gasteiger partial charge in [0.15, 0.2) is 15.5 Å². The fraction of sp³-hybridized carbons (Fsp3) is 0.391. The highest BCUT2D eigenvalue weighted by Crippen LogP contribution is 2.50. The van der Waals surface area contributed by atoms with E-state index in [1.165, 1.54) is 29.2 Å². The molecule has 0 radical (unpaired) electrons. The molecule has 0 saturated carbocycles.